The maximum Gasteiger partial charge on any atom is 0.243 e. The molecule has 34 heavy (non-hydrogen) atoms. The normalized spacial score (nSPS) is 12.4. The topological polar surface area (TPSA) is 86.8 Å². The minimum atomic E-state index is -3.85. The molecule has 0 spiro atoms. The molecule has 0 saturated heterocycles. The van der Waals surface area contributed by atoms with Crippen LogP contribution in [0.4, 0.5) is 0 Å². The number of carbonyl (C=O) groups excluding carboxylic acids is 2. The number of rotatable bonds is 12. The van der Waals surface area contributed by atoms with Crippen LogP contribution in [0, 0.1) is 13.8 Å². The van der Waals surface area contributed by atoms with Crippen LogP contribution in [0.25, 0.3) is 0 Å². The van der Waals surface area contributed by atoms with Crippen molar-refractivity contribution < 1.29 is 18.0 Å². The molecule has 0 unspecified atom stereocenters. The Morgan fingerprint density at radius 2 is 1.68 bits per heavy atom. The molecule has 0 aromatic heterocycles. The van der Waals surface area contributed by atoms with Gasteiger partial charge in [-0.05, 0) is 44.4 Å². The number of carbonyl (C=O) groups is 2. The van der Waals surface area contributed by atoms with Crippen molar-refractivity contribution >= 4 is 21.8 Å². The van der Waals surface area contributed by atoms with E-state index >= 15 is 0 Å². The molecule has 0 bridgehead atoms. The van der Waals surface area contributed by atoms with E-state index in [-0.39, 0.29) is 23.9 Å². The van der Waals surface area contributed by atoms with Crippen molar-refractivity contribution in [3.63, 3.8) is 0 Å². The van der Waals surface area contributed by atoms with Gasteiger partial charge >= 0.3 is 0 Å². The Morgan fingerprint density at radius 1 is 1.00 bits per heavy atom. The highest BCUT2D eigenvalue weighted by Gasteiger charge is 2.31. The molecule has 0 radical (unpaired) electrons. The van der Waals surface area contributed by atoms with Gasteiger partial charge in [-0.3, -0.25) is 9.59 Å². The number of benzene rings is 2. The molecule has 7 nitrogen and oxygen atoms in total. The summed E-state index contributed by atoms with van der Waals surface area (Å²) < 4.78 is 27.1. The fraction of sp³-hybridized carbons (Fsp3) is 0.462. The van der Waals surface area contributed by atoms with E-state index in [9.17, 15) is 18.0 Å². The summed E-state index contributed by atoms with van der Waals surface area (Å²) in [5, 5.41) is 2.92. The zero-order valence-electron chi connectivity index (χ0n) is 20.9. The Hall–Kier alpha value is -2.71. The molecule has 0 aliphatic rings. The van der Waals surface area contributed by atoms with Gasteiger partial charge in [-0.1, -0.05) is 67.8 Å². The smallest absolute Gasteiger partial charge is 0.243 e. The van der Waals surface area contributed by atoms with Crippen molar-refractivity contribution in [1.82, 2.24) is 14.5 Å². The molecule has 1 atom stereocenters. The summed E-state index contributed by atoms with van der Waals surface area (Å²) in [5.41, 5.74) is 2.88. The van der Waals surface area contributed by atoms with Crippen LogP contribution in [0.1, 0.15) is 49.8 Å². The van der Waals surface area contributed by atoms with Crippen LogP contribution in [0.5, 0.6) is 0 Å². The molecule has 2 aromatic rings. The first kappa shape index (κ1) is 27.5. The largest absolute Gasteiger partial charge is 0.354 e. The Morgan fingerprint density at radius 3 is 2.26 bits per heavy atom. The maximum absolute atomic E-state index is 13.4. The van der Waals surface area contributed by atoms with Crippen LogP contribution >= 0.6 is 0 Å². The molecule has 2 rings (SSSR count). The van der Waals surface area contributed by atoms with Crippen LogP contribution in [0.15, 0.2) is 53.4 Å². The lowest BCUT2D eigenvalue weighted by Gasteiger charge is -2.32. The molecular formula is C26H37N3O4S. The summed E-state index contributed by atoms with van der Waals surface area (Å²) in [6.45, 7) is 8.14. The van der Waals surface area contributed by atoms with E-state index < -0.39 is 22.0 Å². The van der Waals surface area contributed by atoms with Crippen LogP contribution < -0.4 is 5.32 Å². The van der Waals surface area contributed by atoms with Gasteiger partial charge in [-0.2, -0.15) is 4.31 Å². The summed E-state index contributed by atoms with van der Waals surface area (Å²) in [6.07, 6.45) is 2.22. The van der Waals surface area contributed by atoms with Crippen LogP contribution in [0.2, 0.25) is 0 Å². The van der Waals surface area contributed by atoms with Crippen LogP contribution in [-0.2, 0) is 26.2 Å². The number of hydrogen-bond acceptors (Lipinski definition) is 4. The standard InChI is InChI=1S/C26H37N3O4S/c1-6-8-16-27-26(31)24(7-2)29(18-22-11-9-10-21(4)17-22)25(30)19-28(5)34(32,33)23-14-12-20(3)13-15-23/h9-15,17,24H,6-8,16,18-19H2,1-5H3,(H,27,31)/t24-/m0/s1. The Kier molecular flexibility index (Phi) is 10.3. The highest BCUT2D eigenvalue weighted by atomic mass is 32.2. The Balaban J connectivity index is 2.29. The number of sulfonamides is 1. The molecule has 0 saturated carbocycles. The van der Waals surface area contributed by atoms with Gasteiger partial charge in [0.1, 0.15) is 6.04 Å². The summed E-state index contributed by atoms with van der Waals surface area (Å²) >= 11 is 0. The first-order valence-electron chi connectivity index (χ1n) is 11.8. The summed E-state index contributed by atoms with van der Waals surface area (Å²) in [5.74, 6) is -0.641. The van der Waals surface area contributed by atoms with Crippen molar-refractivity contribution in [2.45, 2.75) is 64.4 Å². The van der Waals surface area contributed by atoms with E-state index in [1.165, 1.54) is 24.1 Å². The number of nitrogens with one attached hydrogen (secondary N) is 1. The van der Waals surface area contributed by atoms with Gasteiger partial charge in [0.2, 0.25) is 21.8 Å². The predicted molar refractivity (Wildman–Crippen MR) is 135 cm³/mol. The van der Waals surface area contributed by atoms with Crippen LogP contribution in [0.3, 0.4) is 0 Å². The first-order valence-corrected chi connectivity index (χ1v) is 13.2. The highest BCUT2D eigenvalue weighted by Crippen LogP contribution is 2.18. The molecule has 2 amide bonds. The van der Waals surface area contributed by atoms with E-state index in [0.717, 1.165) is 33.8 Å². The van der Waals surface area contributed by atoms with E-state index in [2.05, 4.69) is 5.32 Å². The molecule has 1 N–H and O–H groups in total. The number of amides is 2. The van der Waals surface area contributed by atoms with Crippen molar-refractivity contribution in [3.8, 4) is 0 Å². The second-order valence-corrected chi connectivity index (χ2v) is 10.7. The maximum atomic E-state index is 13.4. The Bertz CT molecular complexity index is 1070. The molecular weight excluding hydrogens is 450 g/mol. The first-order chi connectivity index (χ1) is 16.1. The number of likely N-dealkylation sites (N-methyl/N-ethyl adjacent to an activating group) is 1. The summed E-state index contributed by atoms with van der Waals surface area (Å²) in [6, 6.07) is 13.6. The molecule has 0 fully saturated rings. The average molecular weight is 488 g/mol. The molecule has 186 valence electrons. The summed E-state index contributed by atoms with van der Waals surface area (Å²) in [7, 11) is -2.46. The predicted octanol–water partition coefficient (Wildman–Crippen LogP) is 3.65. The quantitative estimate of drug-likeness (QED) is 0.463. The van der Waals surface area contributed by atoms with Crippen molar-refractivity contribution in [1.29, 1.82) is 0 Å². The fourth-order valence-electron chi connectivity index (χ4n) is 3.69. The number of aryl methyl sites for hydroxylation is 2. The average Bonchev–Trinajstić information content (AvgIpc) is 2.79. The Labute approximate surface area is 204 Å². The van der Waals surface area contributed by atoms with E-state index in [1.807, 2.05) is 52.0 Å². The van der Waals surface area contributed by atoms with Gasteiger partial charge in [0, 0.05) is 20.1 Å². The molecule has 0 heterocycles. The van der Waals surface area contributed by atoms with Gasteiger partial charge in [0.15, 0.2) is 0 Å². The second kappa shape index (κ2) is 12.7. The number of nitrogens with zero attached hydrogens (tertiary/aromatic N) is 2. The van der Waals surface area contributed by atoms with Gasteiger partial charge in [0.05, 0.1) is 11.4 Å². The van der Waals surface area contributed by atoms with Gasteiger partial charge < -0.3 is 10.2 Å². The zero-order chi connectivity index (χ0) is 25.3. The fourth-order valence-corrected chi connectivity index (χ4v) is 4.81. The zero-order valence-corrected chi connectivity index (χ0v) is 21.7. The molecule has 0 aliphatic heterocycles. The SMILES string of the molecule is CCCCNC(=O)[C@H](CC)N(Cc1cccc(C)c1)C(=O)CN(C)S(=O)(=O)c1ccc(C)cc1. The lowest BCUT2D eigenvalue weighted by Crippen LogP contribution is -2.51. The lowest BCUT2D eigenvalue weighted by molar-refractivity contribution is -0.141. The third-order valence-corrected chi connectivity index (χ3v) is 7.56. The van der Waals surface area contributed by atoms with E-state index in [0.29, 0.717) is 13.0 Å². The summed E-state index contributed by atoms with van der Waals surface area (Å²) in [4.78, 5) is 28.0. The molecule has 8 heteroatoms. The minimum absolute atomic E-state index is 0.128. The van der Waals surface area contributed by atoms with Crippen molar-refractivity contribution in [3.05, 3.63) is 65.2 Å². The number of unbranched alkanes of at least 4 members (excludes halogenated alkanes) is 1. The third kappa shape index (κ3) is 7.40. The molecule has 0 aliphatic carbocycles. The second-order valence-electron chi connectivity index (χ2n) is 8.65. The van der Waals surface area contributed by atoms with Crippen molar-refractivity contribution in [2.24, 2.45) is 0 Å². The van der Waals surface area contributed by atoms with Crippen LogP contribution in [-0.4, -0.2) is 55.6 Å². The van der Waals surface area contributed by atoms with Gasteiger partial charge in [-0.15, -0.1) is 0 Å². The third-order valence-electron chi connectivity index (χ3n) is 5.74. The van der Waals surface area contributed by atoms with E-state index in [4.69, 9.17) is 0 Å². The molecule has 2 aromatic carbocycles. The number of hydrogen-bond donors (Lipinski definition) is 1. The highest BCUT2D eigenvalue weighted by molar-refractivity contribution is 7.89. The van der Waals surface area contributed by atoms with Crippen molar-refractivity contribution in [2.75, 3.05) is 20.1 Å². The minimum Gasteiger partial charge on any atom is -0.354 e. The van der Waals surface area contributed by atoms with E-state index in [1.54, 1.807) is 12.1 Å². The van der Waals surface area contributed by atoms with Gasteiger partial charge in [0.25, 0.3) is 0 Å². The van der Waals surface area contributed by atoms with Gasteiger partial charge in [-0.25, -0.2) is 8.42 Å². The monoisotopic (exact) mass is 487 g/mol. The lowest BCUT2D eigenvalue weighted by atomic mass is 10.1.